The van der Waals surface area contributed by atoms with Gasteiger partial charge in [-0.15, -0.1) is 0 Å². The van der Waals surface area contributed by atoms with Crippen LogP contribution in [0.3, 0.4) is 0 Å². The predicted molar refractivity (Wildman–Crippen MR) is 106 cm³/mol. The van der Waals surface area contributed by atoms with Gasteiger partial charge in [0.05, 0.1) is 18.4 Å². The molecule has 1 amide bonds. The molecule has 2 rings (SSSR count). The van der Waals surface area contributed by atoms with E-state index in [2.05, 4.69) is 4.72 Å². The van der Waals surface area contributed by atoms with Crippen molar-refractivity contribution < 1.29 is 17.9 Å². The number of thioether (sulfide) groups is 1. The summed E-state index contributed by atoms with van der Waals surface area (Å²) < 4.78 is 32.6. The molecule has 1 heterocycles. The fraction of sp³-hybridized carbons (Fsp3) is 0.611. The average molecular weight is 401 g/mol. The molecule has 1 aromatic carbocycles. The summed E-state index contributed by atoms with van der Waals surface area (Å²) in [6, 6.07) is 9.07. The highest BCUT2D eigenvalue weighted by Gasteiger charge is 2.34. The maximum Gasteiger partial charge on any atom is 0.240 e. The smallest absolute Gasteiger partial charge is 0.240 e. The minimum absolute atomic E-state index is 0.0395. The van der Waals surface area contributed by atoms with Crippen LogP contribution in [0.25, 0.3) is 0 Å². The zero-order valence-corrected chi connectivity index (χ0v) is 17.2. The largest absolute Gasteiger partial charge is 0.367 e. The van der Waals surface area contributed by atoms with Gasteiger partial charge in [-0.05, 0) is 37.8 Å². The molecule has 6 nitrogen and oxygen atoms in total. The van der Waals surface area contributed by atoms with Crippen molar-refractivity contribution in [2.24, 2.45) is 0 Å². The monoisotopic (exact) mass is 400 g/mol. The highest BCUT2D eigenvalue weighted by Crippen LogP contribution is 2.25. The molecular formula is C18H28N2O4S2. The van der Waals surface area contributed by atoms with Gasteiger partial charge in [0.1, 0.15) is 12.1 Å². The number of carbonyl (C=O) groups is 1. The number of hydrogen-bond donors (Lipinski definition) is 1. The first-order chi connectivity index (χ1) is 12.4. The minimum atomic E-state index is -3.45. The molecule has 0 bridgehead atoms. The van der Waals surface area contributed by atoms with E-state index in [0.717, 1.165) is 5.56 Å². The Morgan fingerprint density at radius 1 is 1.35 bits per heavy atom. The highest BCUT2D eigenvalue weighted by molar-refractivity contribution is 7.98. The van der Waals surface area contributed by atoms with Crippen molar-refractivity contribution in [2.45, 2.75) is 38.5 Å². The van der Waals surface area contributed by atoms with E-state index >= 15 is 0 Å². The molecule has 0 radical (unpaired) electrons. The van der Waals surface area contributed by atoms with Crippen LogP contribution < -0.4 is 4.72 Å². The average Bonchev–Trinajstić information content (AvgIpc) is 2.64. The molecule has 0 aromatic heterocycles. The molecule has 3 atom stereocenters. The molecule has 0 aliphatic carbocycles. The number of benzene rings is 1. The van der Waals surface area contributed by atoms with Crippen molar-refractivity contribution in [3.63, 3.8) is 0 Å². The number of carbonyl (C=O) groups excluding carboxylic acids is 1. The number of ether oxygens (including phenoxy) is 1. The molecule has 8 heteroatoms. The molecular weight excluding hydrogens is 372 g/mol. The molecule has 0 spiro atoms. The zero-order chi connectivity index (χ0) is 19.2. The van der Waals surface area contributed by atoms with Crippen LogP contribution in [-0.4, -0.2) is 62.2 Å². The lowest BCUT2D eigenvalue weighted by atomic mass is 10.1. The van der Waals surface area contributed by atoms with Crippen LogP contribution >= 0.6 is 11.8 Å². The number of rotatable bonds is 8. The molecule has 1 N–H and O–H groups in total. The van der Waals surface area contributed by atoms with Crippen molar-refractivity contribution in [1.82, 2.24) is 9.62 Å². The second-order valence-electron chi connectivity index (χ2n) is 6.44. The second kappa shape index (κ2) is 9.73. The number of sulfonamides is 1. The lowest BCUT2D eigenvalue weighted by Crippen LogP contribution is -2.54. The summed E-state index contributed by atoms with van der Waals surface area (Å²) >= 11 is 1.60. The zero-order valence-electron chi connectivity index (χ0n) is 15.6. The maximum atomic E-state index is 13.1. The Labute approximate surface area is 160 Å². The summed E-state index contributed by atoms with van der Waals surface area (Å²) in [5.41, 5.74) is 1.02. The number of hydrogen-bond acceptors (Lipinski definition) is 5. The standard InChI is InChI=1S/C18H28N2O4S2/c1-4-26(22,23)19-16(10-11-25-3)18(21)20-12-14(2)24-17(13-20)15-8-6-5-7-9-15/h5-9,14,16-17,19H,4,10-13H2,1-3H3. The van der Waals surface area contributed by atoms with Gasteiger partial charge >= 0.3 is 0 Å². The first-order valence-electron chi connectivity index (χ1n) is 8.84. The summed E-state index contributed by atoms with van der Waals surface area (Å²) in [7, 11) is -3.45. The summed E-state index contributed by atoms with van der Waals surface area (Å²) in [5, 5.41) is 0. The van der Waals surface area contributed by atoms with E-state index in [4.69, 9.17) is 4.74 Å². The normalized spacial score (nSPS) is 22.2. The SMILES string of the molecule is CCS(=O)(=O)NC(CCSC)C(=O)N1CC(C)OC(c2ccccc2)C1. The third-order valence-corrected chi connectivity index (χ3v) is 6.40. The van der Waals surface area contributed by atoms with Crippen molar-refractivity contribution in [3.05, 3.63) is 35.9 Å². The van der Waals surface area contributed by atoms with Crippen LogP contribution in [0.5, 0.6) is 0 Å². The Balaban J connectivity index is 2.15. The topological polar surface area (TPSA) is 75.7 Å². The van der Waals surface area contributed by atoms with Gasteiger partial charge in [-0.2, -0.15) is 11.8 Å². The van der Waals surface area contributed by atoms with Crippen LogP contribution in [-0.2, 0) is 19.6 Å². The first kappa shape index (κ1) is 21.2. The van der Waals surface area contributed by atoms with Gasteiger partial charge in [0.15, 0.2) is 0 Å². The van der Waals surface area contributed by atoms with Crippen molar-refractivity contribution >= 4 is 27.7 Å². The van der Waals surface area contributed by atoms with Gasteiger partial charge in [0.25, 0.3) is 0 Å². The molecule has 1 saturated heterocycles. The third kappa shape index (κ3) is 5.97. The molecule has 26 heavy (non-hydrogen) atoms. The quantitative estimate of drug-likeness (QED) is 0.723. The molecule has 1 fully saturated rings. The van der Waals surface area contributed by atoms with Crippen molar-refractivity contribution in [1.29, 1.82) is 0 Å². The van der Waals surface area contributed by atoms with Crippen molar-refractivity contribution in [2.75, 3.05) is 30.9 Å². The van der Waals surface area contributed by atoms with E-state index in [1.165, 1.54) is 0 Å². The third-order valence-electron chi connectivity index (χ3n) is 4.35. The van der Waals surface area contributed by atoms with E-state index < -0.39 is 16.1 Å². The highest BCUT2D eigenvalue weighted by atomic mass is 32.2. The Hall–Kier alpha value is -1.09. The van der Waals surface area contributed by atoms with Gasteiger partial charge < -0.3 is 9.64 Å². The number of amides is 1. The van der Waals surface area contributed by atoms with E-state index in [1.54, 1.807) is 23.6 Å². The Kier molecular flexibility index (Phi) is 7.94. The van der Waals surface area contributed by atoms with E-state index in [-0.39, 0.29) is 23.9 Å². The van der Waals surface area contributed by atoms with Gasteiger partial charge in [-0.25, -0.2) is 13.1 Å². The van der Waals surface area contributed by atoms with Crippen LogP contribution in [0.15, 0.2) is 30.3 Å². The summed E-state index contributed by atoms with van der Waals surface area (Å²) in [5.74, 6) is 0.500. The van der Waals surface area contributed by atoms with Crippen LogP contribution in [0.4, 0.5) is 0 Å². The number of nitrogens with one attached hydrogen (secondary N) is 1. The van der Waals surface area contributed by atoms with E-state index in [9.17, 15) is 13.2 Å². The number of nitrogens with zero attached hydrogens (tertiary/aromatic N) is 1. The van der Waals surface area contributed by atoms with Gasteiger partial charge in [0.2, 0.25) is 15.9 Å². The maximum absolute atomic E-state index is 13.1. The Morgan fingerprint density at radius 2 is 2.04 bits per heavy atom. The summed E-state index contributed by atoms with van der Waals surface area (Å²) in [6.45, 7) is 4.39. The van der Waals surface area contributed by atoms with E-state index in [1.807, 2.05) is 43.5 Å². The molecule has 0 saturated carbocycles. The first-order valence-corrected chi connectivity index (χ1v) is 11.9. The lowest BCUT2D eigenvalue weighted by molar-refractivity contribution is -0.146. The minimum Gasteiger partial charge on any atom is -0.367 e. The number of morpholine rings is 1. The van der Waals surface area contributed by atoms with E-state index in [0.29, 0.717) is 25.3 Å². The summed E-state index contributed by atoms with van der Waals surface area (Å²) in [6.07, 6.45) is 2.11. The Morgan fingerprint density at radius 3 is 2.65 bits per heavy atom. The molecule has 1 aromatic rings. The predicted octanol–water partition coefficient (Wildman–Crippen LogP) is 2.04. The van der Waals surface area contributed by atoms with Gasteiger partial charge in [-0.3, -0.25) is 4.79 Å². The molecule has 146 valence electrons. The molecule has 1 aliphatic rings. The molecule has 3 unspecified atom stereocenters. The van der Waals surface area contributed by atoms with Crippen LogP contribution in [0, 0.1) is 0 Å². The Bertz CT molecular complexity index is 682. The lowest BCUT2D eigenvalue weighted by Gasteiger charge is -2.38. The van der Waals surface area contributed by atoms with Crippen LogP contribution in [0.1, 0.15) is 31.9 Å². The van der Waals surface area contributed by atoms with Crippen LogP contribution in [0.2, 0.25) is 0 Å². The fourth-order valence-electron chi connectivity index (χ4n) is 2.97. The second-order valence-corrected chi connectivity index (χ2v) is 9.47. The van der Waals surface area contributed by atoms with Crippen molar-refractivity contribution in [3.8, 4) is 0 Å². The summed E-state index contributed by atoms with van der Waals surface area (Å²) in [4.78, 5) is 14.8. The fourth-order valence-corrected chi connectivity index (χ4v) is 4.26. The van der Waals surface area contributed by atoms with Gasteiger partial charge in [0, 0.05) is 6.54 Å². The van der Waals surface area contributed by atoms with Gasteiger partial charge in [-0.1, -0.05) is 30.3 Å². The molecule has 1 aliphatic heterocycles.